The maximum atomic E-state index is 12.8. The fourth-order valence-corrected chi connectivity index (χ4v) is 3.43. The SMILES string of the molecule is CNC(=O)c1ccc(OC2=CC=C(N(C)NC(=O)N(CCO)C(=O)NCc3ccc(Cl)cc3)CC=C2)cn1. The van der Waals surface area contributed by atoms with Gasteiger partial charge in [0, 0.05) is 37.8 Å². The van der Waals surface area contributed by atoms with Gasteiger partial charge in [-0.2, -0.15) is 0 Å². The first-order chi connectivity index (χ1) is 18.3. The van der Waals surface area contributed by atoms with Crippen molar-refractivity contribution in [2.24, 2.45) is 0 Å². The summed E-state index contributed by atoms with van der Waals surface area (Å²) in [7, 11) is 3.17. The van der Waals surface area contributed by atoms with Crippen molar-refractivity contribution in [3.63, 3.8) is 0 Å². The molecule has 1 aliphatic rings. The van der Waals surface area contributed by atoms with Gasteiger partial charge in [-0.05, 0) is 48.1 Å². The predicted molar refractivity (Wildman–Crippen MR) is 142 cm³/mol. The van der Waals surface area contributed by atoms with E-state index in [0.29, 0.717) is 28.6 Å². The average molecular weight is 541 g/mol. The molecule has 200 valence electrons. The van der Waals surface area contributed by atoms with E-state index in [2.05, 4.69) is 21.0 Å². The molecule has 0 atom stereocenters. The van der Waals surface area contributed by atoms with E-state index in [1.165, 1.54) is 18.3 Å². The molecule has 0 spiro atoms. The lowest BCUT2D eigenvalue weighted by molar-refractivity contribution is 0.0958. The Hall–Kier alpha value is -4.35. The number of aliphatic hydroxyl groups is 1. The van der Waals surface area contributed by atoms with Gasteiger partial charge < -0.3 is 20.5 Å². The molecule has 0 radical (unpaired) electrons. The van der Waals surface area contributed by atoms with Crippen molar-refractivity contribution in [2.45, 2.75) is 13.0 Å². The summed E-state index contributed by atoms with van der Waals surface area (Å²) >= 11 is 5.88. The number of benzene rings is 1. The number of halogens is 1. The Morgan fingerprint density at radius 2 is 1.87 bits per heavy atom. The standard InChI is InChI=1S/C26H29ClN6O5/c1-28-24(35)23-13-12-22(17-29-23)38-21-5-3-4-20(10-11-21)32(2)31-26(37)33(14-15-34)25(36)30-16-18-6-8-19(27)9-7-18/h3,5-13,17,34H,4,14-16H2,1-2H3,(H,28,35)(H,30,36)(H,31,37). The van der Waals surface area contributed by atoms with Crippen molar-refractivity contribution in [1.82, 2.24) is 31.0 Å². The summed E-state index contributed by atoms with van der Waals surface area (Å²) in [4.78, 5) is 42.1. The highest BCUT2D eigenvalue weighted by Crippen LogP contribution is 2.18. The van der Waals surface area contributed by atoms with E-state index in [0.717, 1.165) is 10.5 Å². The van der Waals surface area contributed by atoms with Gasteiger partial charge in [-0.15, -0.1) is 0 Å². The summed E-state index contributed by atoms with van der Waals surface area (Å²) in [5, 5.41) is 16.6. The van der Waals surface area contributed by atoms with Crippen LogP contribution in [0.5, 0.6) is 5.75 Å². The third kappa shape index (κ3) is 8.08. The van der Waals surface area contributed by atoms with Crippen LogP contribution in [0, 0.1) is 0 Å². The molecule has 4 N–H and O–H groups in total. The number of nitrogens with zero attached hydrogens (tertiary/aromatic N) is 3. The molecule has 0 bridgehead atoms. The van der Waals surface area contributed by atoms with E-state index < -0.39 is 12.1 Å². The van der Waals surface area contributed by atoms with Gasteiger partial charge >= 0.3 is 12.1 Å². The van der Waals surface area contributed by atoms with Crippen LogP contribution in [0.3, 0.4) is 0 Å². The van der Waals surface area contributed by atoms with Gasteiger partial charge in [0.2, 0.25) is 0 Å². The van der Waals surface area contributed by atoms with Crippen LogP contribution in [0.2, 0.25) is 5.02 Å². The maximum Gasteiger partial charge on any atom is 0.344 e. The molecule has 0 saturated carbocycles. The summed E-state index contributed by atoms with van der Waals surface area (Å²) in [6.07, 6.45) is 9.03. The number of hydrazine groups is 1. The number of nitrogens with one attached hydrogen (secondary N) is 3. The van der Waals surface area contributed by atoms with E-state index in [9.17, 15) is 19.5 Å². The van der Waals surface area contributed by atoms with E-state index in [-0.39, 0.29) is 31.3 Å². The minimum absolute atomic E-state index is 0.185. The monoisotopic (exact) mass is 540 g/mol. The quantitative estimate of drug-likeness (QED) is 0.359. The van der Waals surface area contributed by atoms with Crippen molar-refractivity contribution in [3.05, 3.63) is 94.6 Å². The van der Waals surface area contributed by atoms with Gasteiger partial charge in [-0.3, -0.25) is 9.80 Å². The normalized spacial score (nSPS) is 12.4. The molecule has 1 aliphatic carbocycles. The number of urea groups is 2. The molecule has 0 aliphatic heterocycles. The Morgan fingerprint density at radius 1 is 1.11 bits per heavy atom. The second-order valence-corrected chi connectivity index (χ2v) is 8.47. The minimum Gasteiger partial charge on any atom is -0.456 e. The van der Waals surface area contributed by atoms with Crippen molar-refractivity contribution >= 4 is 29.6 Å². The lowest BCUT2D eigenvalue weighted by Gasteiger charge is -2.27. The molecule has 0 unspecified atom stereocenters. The Morgan fingerprint density at radius 3 is 2.53 bits per heavy atom. The molecular formula is C26H29ClN6O5. The van der Waals surface area contributed by atoms with Crippen LogP contribution in [0.15, 0.2) is 78.4 Å². The zero-order valence-corrected chi connectivity index (χ0v) is 21.7. The zero-order chi connectivity index (χ0) is 27.5. The molecule has 11 nitrogen and oxygen atoms in total. The molecule has 2 aromatic rings. The molecule has 0 fully saturated rings. The number of rotatable bonds is 9. The number of hydrogen-bond donors (Lipinski definition) is 4. The van der Waals surface area contributed by atoms with Crippen LogP contribution in [0.25, 0.3) is 0 Å². The van der Waals surface area contributed by atoms with Gasteiger partial charge in [0.25, 0.3) is 5.91 Å². The summed E-state index contributed by atoms with van der Waals surface area (Å²) in [6, 6.07) is 8.78. The second kappa shape index (κ2) is 13.8. The Labute approximate surface area is 225 Å². The zero-order valence-electron chi connectivity index (χ0n) is 21.0. The first-order valence-electron chi connectivity index (χ1n) is 11.7. The topological polar surface area (TPSA) is 136 Å². The molecule has 12 heteroatoms. The number of hydrogen-bond acceptors (Lipinski definition) is 7. The van der Waals surface area contributed by atoms with Crippen molar-refractivity contribution in [3.8, 4) is 5.75 Å². The fourth-order valence-electron chi connectivity index (χ4n) is 3.30. The second-order valence-electron chi connectivity index (χ2n) is 8.03. The number of imide groups is 1. The molecule has 0 saturated heterocycles. The fraction of sp³-hybridized carbons (Fsp3) is 0.231. The van der Waals surface area contributed by atoms with Crippen molar-refractivity contribution < 1.29 is 24.2 Å². The van der Waals surface area contributed by atoms with Crippen LogP contribution in [-0.4, -0.2) is 65.2 Å². The molecule has 38 heavy (non-hydrogen) atoms. The lowest BCUT2D eigenvalue weighted by atomic mass is 10.2. The first kappa shape index (κ1) is 28.2. The highest BCUT2D eigenvalue weighted by molar-refractivity contribution is 6.30. The van der Waals surface area contributed by atoms with E-state index in [1.54, 1.807) is 61.7 Å². The molecule has 5 amide bonds. The van der Waals surface area contributed by atoms with Crippen LogP contribution in [-0.2, 0) is 6.54 Å². The van der Waals surface area contributed by atoms with Crippen LogP contribution < -0.4 is 20.8 Å². The number of aliphatic hydroxyl groups excluding tert-OH is 1. The van der Waals surface area contributed by atoms with E-state index in [4.69, 9.17) is 16.3 Å². The van der Waals surface area contributed by atoms with Crippen LogP contribution in [0.1, 0.15) is 22.5 Å². The van der Waals surface area contributed by atoms with Gasteiger partial charge in [0.15, 0.2) is 0 Å². The Bertz CT molecular complexity index is 1230. The van der Waals surface area contributed by atoms with Crippen molar-refractivity contribution in [2.75, 3.05) is 27.2 Å². The first-order valence-corrected chi connectivity index (χ1v) is 12.1. The summed E-state index contributed by atoms with van der Waals surface area (Å²) in [5.41, 5.74) is 4.45. The Kier molecular flexibility index (Phi) is 10.3. The third-order valence-corrected chi connectivity index (χ3v) is 5.60. The van der Waals surface area contributed by atoms with Gasteiger partial charge in [0.1, 0.15) is 17.2 Å². The molecule has 1 aromatic carbocycles. The minimum atomic E-state index is -0.702. The molecule has 1 aromatic heterocycles. The Balaban J connectivity index is 1.59. The van der Waals surface area contributed by atoms with Crippen molar-refractivity contribution in [1.29, 1.82) is 0 Å². The number of carbonyl (C=O) groups is 3. The smallest absolute Gasteiger partial charge is 0.344 e. The molecule has 3 rings (SSSR count). The molecule has 1 heterocycles. The largest absolute Gasteiger partial charge is 0.456 e. The number of amides is 5. The van der Waals surface area contributed by atoms with Gasteiger partial charge in [0.05, 0.1) is 19.3 Å². The third-order valence-electron chi connectivity index (χ3n) is 5.35. The average Bonchev–Trinajstić information content (AvgIpc) is 3.16. The number of aromatic nitrogens is 1. The summed E-state index contributed by atoms with van der Waals surface area (Å²) in [5.74, 6) is 0.688. The predicted octanol–water partition coefficient (Wildman–Crippen LogP) is 2.96. The highest BCUT2D eigenvalue weighted by Gasteiger charge is 2.22. The number of ether oxygens (including phenoxy) is 1. The molecular weight excluding hydrogens is 512 g/mol. The van der Waals surface area contributed by atoms with E-state index >= 15 is 0 Å². The number of pyridine rings is 1. The van der Waals surface area contributed by atoms with Gasteiger partial charge in [-0.25, -0.2) is 24.9 Å². The summed E-state index contributed by atoms with van der Waals surface area (Å²) < 4.78 is 5.82. The number of allylic oxidation sites excluding steroid dienone is 4. The highest BCUT2D eigenvalue weighted by atomic mass is 35.5. The van der Waals surface area contributed by atoms with Gasteiger partial charge in [-0.1, -0.05) is 29.8 Å². The lowest BCUT2D eigenvalue weighted by Crippen LogP contribution is -2.53. The van der Waals surface area contributed by atoms with Crippen LogP contribution >= 0.6 is 11.6 Å². The summed E-state index contributed by atoms with van der Waals surface area (Å²) in [6.45, 7) is -0.385. The number of carbonyl (C=O) groups excluding carboxylic acids is 3. The van der Waals surface area contributed by atoms with Crippen LogP contribution in [0.4, 0.5) is 9.59 Å². The van der Waals surface area contributed by atoms with E-state index in [1.807, 2.05) is 6.08 Å². The maximum absolute atomic E-state index is 12.8.